The minimum atomic E-state index is -0.416. The van der Waals surface area contributed by atoms with Crippen LogP contribution in [0.2, 0.25) is 0 Å². The third-order valence-electron chi connectivity index (χ3n) is 4.72. The van der Waals surface area contributed by atoms with Gasteiger partial charge in [-0.25, -0.2) is 9.37 Å². The molecule has 0 radical (unpaired) electrons. The van der Waals surface area contributed by atoms with E-state index in [9.17, 15) is 9.18 Å². The second-order valence-electron chi connectivity index (χ2n) is 6.77. The fraction of sp³-hybridized carbons (Fsp3) is 0.0870. The number of carbonyl (C=O) groups excluding carboxylic acids is 1. The average molecular weight is 433 g/mol. The van der Waals surface area contributed by atoms with Crippen molar-refractivity contribution in [3.8, 4) is 11.5 Å². The molecular formula is C23H16FN3O3S. The first-order chi connectivity index (χ1) is 15.2. The Hall–Kier alpha value is -3.78. The first-order valence-corrected chi connectivity index (χ1v) is 10.3. The van der Waals surface area contributed by atoms with Crippen LogP contribution in [0.4, 0.5) is 9.52 Å². The fourth-order valence-electron chi connectivity index (χ4n) is 3.19. The van der Waals surface area contributed by atoms with Crippen LogP contribution < -0.4 is 14.4 Å². The van der Waals surface area contributed by atoms with Gasteiger partial charge in [0.05, 0.1) is 16.9 Å². The third kappa shape index (κ3) is 3.97. The smallest absolute Gasteiger partial charge is 0.253 e. The number of carbonyl (C=O) groups is 1. The zero-order valence-corrected chi connectivity index (χ0v) is 17.0. The van der Waals surface area contributed by atoms with Crippen molar-refractivity contribution >= 4 is 38.7 Å². The van der Waals surface area contributed by atoms with Crippen molar-refractivity contribution in [3.63, 3.8) is 0 Å². The van der Waals surface area contributed by atoms with Crippen molar-refractivity contribution in [1.29, 1.82) is 0 Å². The van der Waals surface area contributed by atoms with Gasteiger partial charge in [0.2, 0.25) is 6.79 Å². The summed E-state index contributed by atoms with van der Waals surface area (Å²) in [5.41, 5.74) is 1.75. The predicted molar refractivity (Wildman–Crippen MR) is 117 cm³/mol. The van der Waals surface area contributed by atoms with Gasteiger partial charge in [-0.15, -0.1) is 0 Å². The van der Waals surface area contributed by atoms with Crippen LogP contribution in [0.3, 0.4) is 0 Å². The summed E-state index contributed by atoms with van der Waals surface area (Å²) in [6, 6.07) is 15.7. The van der Waals surface area contributed by atoms with E-state index in [1.807, 2.05) is 30.3 Å². The van der Waals surface area contributed by atoms with E-state index in [1.165, 1.54) is 28.4 Å². The van der Waals surface area contributed by atoms with E-state index >= 15 is 0 Å². The Bertz CT molecular complexity index is 1290. The van der Waals surface area contributed by atoms with E-state index in [0.29, 0.717) is 27.0 Å². The predicted octanol–water partition coefficient (Wildman–Crippen LogP) is 4.81. The van der Waals surface area contributed by atoms with E-state index in [2.05, 4.69) is 9.97 Å². The molecule has 6 nitrogen and oxygen atoms in total. The molecule has 5 rings (SSSR count). The Kier molecular flexibility index (Phi) is 5.05. The number of hydrogen-bond donors (Lipinski definition) is 0. The molecule has 1 aliphatic rings. The lowest BCUT2D eigenvalue weighted by molar-refractivity contribution is -0.114. The molecule has 3 heterocycles. The first kappa shape index (κ1) is 19.2. The van der Waals surface area contributed by atoms with Crippen LogP contribution in [0, 0.1) is 5.82 Å². The molecule has 0 fully saturated rings. The number of hydrogen-bond acceptors (Lipinski definition) is 6. The lowest BCUT2D eigenvalue weighted by Crippen LogP contribution is -2.29. The lowest BCUT2D eigenvalue weighted by atomic mass is 10.2. The standard InChI is InChI=1S/C23H16FN3O3S/c24-17-5-3-6-20-22(17)26-23(31-20)27(13-16-4-1-2-11-25-16)21(28)10-8-15-7-9-18-19(12-15)30-14-29-18/h1-12H,13-14H2/b10-8+. The summed E-state index contributed by atoms with van der Waals surface area (Å²) in [6.07, 6.45) is 4.82. The molecule has 8 heteroatoms. The summed E-state index contributed by atoms with van der Waals surface area (Å²) in [5.74, 6) is 0.613. The lowest BCUT2D eigenvalue weighted by Gasteiger charge is -2.17. The van der Waals surface area contributed by atoms with Gasteiger partial charge in [0, 0.05) is 12.3 Å². The number of benzene rings is 2. The van der Waals surface area contributed by atoms with E-state index < -0.39 is 5.82 Å². The number of fused-ring (bicyclic) bond motifs is 2. The second-order valence-corrected chi connectivity index (χ2v) is 7.78. The number of rotatable bonds is 5. The zero-order valence-electron chi connectivity index (χ0n) is 16.2. The van der Waals surface area contributed by atoms with Crippen LogP contribution >= 0.6 is 11.3 Å². The highest BCUT2D eigenvalue weighted by molar-refractivity contribution is 7.22. The molecule has 0 spiro atoms. The maximum Gasteiger partial charge on any atom is 0.253 e. The van der Waals surface area contributed by atoms with E-state index in [1.54, 1.807) is 30.5 Å². The zero-order chi connectivity index (χ0) is 21.2. The molecule has 0 bridgehead atoms. The van der Waals surface area contributed by atoms with Crippen molar-refractivity contribution in [2.45, 2.75) is 6.54 Å². The van der Waals surface area contributed by atoms with Crippen LogP contribution in [0.5, 0.6) is 11.5 Å². The number of ether oxygens (including phenoxy) is 2. The number of thiazole rings is 1. The maximum absolute atomic E-state index is 14.2. The summed E-state index contributed by atoms with van der Waals surface area (Å²) in [6.45, 7) is 0.403. The Morgan fingerprint density at radius 1 is 1.13 bits per heavy atom. The monoisotopic (exact) mass is 433 g/mol. The molecule has 0 unspecified atom stereocenters. The molecule has 4 aromatic rings. The minimum absolute atomic E-state index is 0.188. The molecule has 2 aromatic heterocycles. The third-order valence-corrected chi connectivity index (χ3v) is 5.76. The highest BCUT2D eigenvalue weighted by atomic mass is 32.1. The number of para-hydroxylation sites is 1. The summed E-state index contributed by atoms with van der Waals surface area (Å²) in [5, 5.41) is 0.408. The van der Waals surface area contributed by atoms with Crippen molar-refractivity contribution < 1.29 is 18.7 Å². The van der Waals surface area contributed by atoms with E-state index in [4.69, 9.17) is 9.47 Å². The Morgan fingerprint density at radius 2 is 2.03 bits per heavy atom. The van der Waals surface area contributed by atoms with Crippen LogP contribution in [-0.4, -0.2) is 22.7 Å². The average Bonchev–Trinajstić information content (AvgIpc) is 3.44. The van der Waals surface area contributed by atoms with Crippen molar-refractivity contribution in [1.82, 2.24) is 9.97 Å². The SMILES string of the molecule is O=C(/C=C/c1ccc2c(c1)OCO2)N(Cc1ccccn1)c1nc2c(F)cccc2s1. The first-order valence-electron chi connectivity index (χ1n) is 9.51. The topological polar surface area (TPSA) is 64.6 Å². The van der Waals surface area contributed by atoms with Crippen LogP contribution in [0.15, 0.2) is 66.9 Å². The molecule has 0 N–H and O–H groups in total. The van der Waals surface area contributed by atoms with E-state index in [0.717, 1.165) is 5.56 Å². The quantitative estimate of drug-likeness (QED) is 0.423. The van der Waals surface area contributed by atoms with Gasteiger partial charge < -0.3 is 9.47 Å². The van der Waals surface area contributed by atoms with Gasteiger partial charge in [-0.2, -0.15) is 0 Å². The van der Waals surface area contributed by atoms with E-state index in [-0.39, 0.29) is 24.8 Å². The Labute approximate surface area is 181 Å². The normalized spacial score (nSPS) is 12.5. The number of halogens is 1. The molecule has 1 amide bonds. The summed E-state index contributed by atoms with van der Waals surface area (Å²) in [4.78, 5) is 23.3. The summed E-state index contributed by atoms with van der Waals surface area (Å²) >= 11 is 1.26. The van der Waals surface area contributed by atoms with Crippen molar-refractivity contribution in [2.75, 3.05) is 11.7 Å². The van der Waals surface area contributed by atoms with Gasteiger partial charge in [0.25, 0.3) is 5.91 Å². The number of anilines is 1. The largest absolute Gasteiger partial charge is 0.454 e. The summed E-state index contributed by atoms with van der Waals surface area (Å²) in [7, 11) is 0. The van der Waals surface area contributed by atoms with Crippen LogP contribution in [0.25, 0.3) is 16.3 Å². The molecule has 0 aliphatic carbocycles. The number of amides is 1. The maximum atomic E-state index is 14.2. The molecule has 0 atom stereocenters. The molecular weight excluding hydrogens is 417 g/mol. The molecule has 31 heavy (non-hydrogen) atoms. The van der Waals surface area contributed by atoms with Crippen molar-refractivity contribution in [2.24, 2.45) is 0 Å². The van der Waals surface area contributed by atoms with Gasteiger partial charge in [0.1, 0.15) is 11.3 Å². The van der Waals surface area contributed by atoms with Crippen LogP contribution in [0.1, 0.15) is 11.3 Å². The molecule has 0 saturated carbocycles. The number of aromatic nitrogens is 2. The van der Waals surface area contributed by atoms with Gasteiger partial charge in [0.15, 0.2) is 16.6 Å². The van der Waals surface area contributed by atoms with Gasteiger partial charge >= 0.3 is 0 Å². The fourth-order valence-corrected chi connectivity index (χ4v) is 4.17. The minimum Gasteiger partial charge on any atom is -0.454 e. The second kappa shape index (κ2) is 8.16. The van der Waals surface area contributed by atoms with Gasteiger partial charge in [-0.05, 0) is 48.0 Å². The highest BCUT2D eigenvalue weighted by Gasteiger charge is 2.20. The number of pyridine rings is 1. The molecule has 1 aliphatic heterocycles. The summed E-state index contributed by atoms with van der Waals surface area (Å²) < 4.78 is 25.5. The number of nitrogens with zero attached hydrogens (tertiary/aromatic N) is 3. The Morgan fingerprint density at radius 3 is 2.87 bits per heavy atom. The van der Waals surface area contributed by atoms with Gasteiger partial charge in [-0.3, -0.25) is 14.7 Å². The molecule has 2 aromatic carbocycles. The Balaban J connectivity index is 1.47. The highest BCUT2D eigenvalue weighted by Crippen LogP contribution is 2.33. The molecule has 154 valence electrons. The molecule has 0 saturated heterocycles. The van der Waals surface area contributed by atoms with Crippen LogP contribution in [-0.2, 0) is 11.3 Å². The van der Waals surface area contributed by atoms with Gasteiger partial charge in [-0.1, -0.05) is 29.5 Å². The van der Waals surface area contributed by atoms with Crippen molar-refractivity contribution in [3.05, 3.63) is 83.9 Å².